The molecule has 6 heteroatoms. The zero-order valence-electron chi connectivity index (χ0n) is 10.00. The normalized spacial score (nSPS) is 10.1. The van der Waals surface area contributed by atoms with Gasteiger partial charge in [0.25, 0.3) is 5.91 Å². The monoisotopic (exact) mass is 276 g/mol. The molecular formula is C13H12N2O3S. The third-order valence-electron chi connectivity index (χ3n) is 2.58. The molecule has 0 radical (unpaired) electrons. The second-order valence-corrected chi connectivity index (χ2v) is 4.64. The van der Waals surface area contributed by atoms with Crippen molar-refractivity contribution in [1.82, 2.24) is 10.3 Å². The molecule has 19 heavy (non-hydrogen) atoms. The molecule has 0 atom stereocenters. The second kappa shape index (κ2) is 6.10. The molecule has 0 aromatic carbocycles. The quantitative estimate of drug-likeness (QED) is 0.873. The van der Waals surface area contributed by atoms with E-state index in [1.807, 2.05) is 16.8 Å². The van der Waals surface area contributed by atoms with Crippen LogP contribution in [0.25, 0.3) is 0 Å². The van der Waals surface area contributed by atoms with Crippen molar-refractivity contribution in [3.05, 3.63) is 52.0 Å². The number of aromatic carboxylic acids is 1. The molecule has 0 aliphatic rings. The Morgan fingerprint density at radius 1 is 1.32 bits per heavy atom. The molecule has 0 spiro atoms. The van der Waals surface area contributed by atoms with Crippen molar-refractivity contribution in [2.75, 3.05) is 6.54 Å². The Morgan fingerprint density at radius 2 is 2.16 bits per heavy atom. The number of carbonyl (C=O) groups is 2. The topological polar surface area (TPSA) is 79.3 Å². The highest BCUT2D eigenvalue weighted by atomic mass is 32.1. The van der Waals surface area contributed by atoms with Gasteiger partial charge in [-0.1, -0.05) is 0 Å². The lowest BCUT2D eigenvalue weighted by Gasteiger charge is -2.06. The standard InChI is InChI=1S/C13H12N2O3S/c16-12(15-5-1-9-3-6-19-8-9)10-2-4-14-7-11(10)13(17)18/h2-4,6-8H,1,5H2,(H,15,16)(H,17,18). The highest BCUT2D eigenvalue weighted by molar-refractivity contribution is 7.07. The zero-order chi connectivity index (χ0) is 13.7. The smallest absolute Gasteiger partial charge is 0.338 e. The van der Waals surface area contributed by atoms with Gasteiger partial charge >= 0.3 is 5.97 Å². The Balaban J connectivity index is 1.98. The van der Waals surface area contributed by atoms with Gasteiger partial charge in [0, 0.05) is 18.9 Å². The summed E-state index contributed by atoms with van der Waals surface area (Å²) >= 11 is 1.60. The summed E-state index contributed by atoms with van der Waals surface area (Å²) in [4.78, 5) is 26.6. The van der Waals surface area contributed by atoms with Gasteiger partial charge in [0.15, 0.2) is 0 Å². The van der Waals surface area contributed by atoms with Crippen LogP contribution < -0.4 is 5.32 Å². The Hall–Kier alpha value is -2.21. The number of rotatable bonds is 5. The van der Waals surface area contributed by atoms with E-state index < -0.39 is 11.9 Å². The molecule has 2 N–H and O–H groups in total. The number of carbonyl (C=O) groups excluding carboxylic acids is 1. The van der Waals surface area contributed by atoms with Crippen molar-refractivity contribution in [2.45, 2.75) is 6.42 Å². The lowest BCUT2D eigenvalue weighted by atomic mass is 10.1. The molecule has 98 valence electrons. The lowest BCUT2D eigenvalue weighted by Crippen LogP contribution is -2.27. The number of thiophene rings is 1. The van der Waals surface area contributed by atoms with Gasteiger partial charge in [-0.15, -0.1) is 0 Å². The summed E-state index contributed by atoms with van der Waals surface area (Å²) in [5, 5.41) is 15.7. The molecule has 0 aliphatic heterocycles. The van der Waals surface area contributed by atoms with Gasteiger partial charge in [-0.2, -0.15) is 11.3 Å². The molecular weight excluding hydrogens is 264 g/mol. The number of carboxylic acid groups (broad SMARTS) is 1. The van der Waals surface area contributed by atoms with Gasteiger partial charge in [-0.05, 0) is 34.9 Å². The first-order valence-electron chi connectivity index (χ1n) is 5.65. The molecule has 0 aliphatic carbocycles. The van der Waals surface area contributed by atoms with Crippen molar-refractivity contribution in [3.63, 3.8) is 0 Å². The van der Waals surface area contributed by atoms with Crippen LogP contribution in [-0.2, 0) is 6.42 Å². The number of amides is 1. The van der Waals surface area contributed by atoms with Crippen LogP contribution in [0.4, 0.5) is 0 Å². The minimum absolute atomic E-state index is 0.0875. The Bertz CT molecular complexity index is 581. The summed E-state index contributed by atoms with van der Waals surface area (Å²) in [5.41, 5.74) is 1.20. The van der Waals surface area contributed by atoms with Crippen molar-refractivity contribution in [1.29, 1.82) is 0 Å². The maximum absolute atomic E-state index is 11.9. The minimum Gasteiger partial charge on any atom is -0.478 e. The second-order valence-electron chi connectivity index (χ2n) is 3.86. The fourth-order valence-electron chi connectivity index (χ4n) is 1.61. The average Bonchev–Trinajstić information content (AvgIpc) is 2.91. The Kier molecular flexibility index (Phi) is 4.25. The van der Waals surface area contributed by atoms with E-state index in [4.69, 9.17) is 5.11 Å². The first kappa shape index (κ1) is 13.2. The highest BCUT2D eigenvalue weighted by Crippen LogP contribution is 2.08. The zero-order valence-corrected chi connectivity index (χ0v) is 10.8. The van der Waals surface area contributed by atoms with Crippen LogP contribution in [0.1, 0.15) is 26.3 Å². The first-order chi connectivity index (χ1) is 9.18. The average molecular weight is 276 g/mol. The predicted molar refractivity (Wildman–Crippen MR) is 71.6 cm³/mol. The fourth-order valence-corrected chi connectivity index (χ4v) is 2.32. The van der Waals surface area contributed by atoms with E-state index in [1.165, 1.54) is 18.5 Å². The molecule has 0 saturated carbocycles. The van der Waals surface area contributed by atoms with Crippen molar-refractivity contribution >= 4 is 23.2 Å². The molecule has 2 rings (SSSR count). The maximum Gasteiger partial charge on any atom is 0.338 e. The summed E-state index contributed by atoms with van der Waals surface area (Å²) in [6, 6.07) is 3.40. The predicted octanol–water partition coefficient (Wildman–Crippen LogP) is 1.81. The number of carboxylic acids is 1. The molecule has 5 nitrogen and oxygen atoms in total. The van der Waals surface area contributed by atoms with E-state index >= 15 is 0 Å². The van der Waals surface area contributed by atoms with Gasteiger partial charge < -0.3 is 10.4 Å². The molecule has 2 aromatic heterocycles. The van der Waals surface area contributed by atoms with E-state index in [0.717, 1.165) is 12.0 Å². The van der Waals surface area contributed by atoms with Crippen LogP contribution in [0.2, 0.25) is 0 Å². The first-order valence-corrected chi connectivity index (χ1v) is 6.59. The molecule has 0 fully saturated rings. The van der Waals surface area contributed by atoms with Crippen LogP contribution in [0.5, 0.6) is 0 Å². The fraction of sp³-hybridized carbons (Fsp3) is 0.154. The molecule has 0 bridgehead atoms. The van der Waals surface area contributed by atoms with Crippen LogP contribution in [0.15, 0.2) is 35.3 Å². The van der Waals surface area contributed by atoms with Gasteiger partial charge in [-0.3, -0.25) is 9.78 Å². The van der Waals surface area contributed by atoms with E-state index in [1.54, 1.807) is 11.3 Å². The number of aromatic nitrogens is 1. The van der Waals surface area contributed by atoms with E-state index in [0.29, 0.717) is 6.54 Å². The number of pyridine rings is 1. The summed E-state index contributed by atoms with van der Waals surface area (Å²) in [7, 11) is 0. The number of hydrogen-bond acceptors (Lipinski definition) is 4. The number of nitrogens with zero attached hydrogens (tertiary/aromatic N) is 1. The summed E-state index contributed by atoms with van der Waals surface area (Å²) in [5.74, 6) is -1.55. The minimum atomic E-state index is -1.16. The van der Waals surface area contributed by atoms with Gasteiger partial charge in [0.05, 0.1) is 11.1 Å². The SMILES string of the molecule is O=C(O)c1cnccc1C(=O)NCCc1ccsc1. The Morgan fingerprint density at radius 3 is 2.84 bits per heavy atom. The van der Waals surface area contributed by atoms with Gasteiger partial charge in [-0.25, -0.2) is 4.79 Å². The van der Waals surface area contributed by atoms with Gasteiger partial charge in [0.1, 0.15) is 0 Å². The van der Waals surface area contributed by atoms with Crippen molar-refractivity contribution in [2.24, 2.45) is 0 Å². The van der Waals surface area contributed by atoms with Crippen LogP contribution in [-0.4, -0.2) is 28.5 Å². The molecule has 0 saturated heterocycles. The van der Waals surface area contributed by atoms with E-state index in [-0.39, 0.29) is 11.1 Å². The summed E-state index contributed by atoms with van der Waals surface area (Å²) < 4.78 is 0. The van der Waals surface area contributed by atoms with Gasteiger partial charge in [0.2, 0.25) is 0 Å². The molecule has 0 unspecified atom stereocenters. The molecule has 2 aromatic rings. The van der Waals surface area contributed by atoms with Crippen molar-refractivity contribution < 1.29 is 14.7 Å². The highest BCUT2D eigenvalue weighted by Gasteiger charge is 2.15. The van der Waals surface area contributed by atoms with Crippen LogP contribution in [0.3, 0.4) is 0 Å². The largest absolute Gasteiger partial charge is 0.478 e. The Labute approximate surface area is 113 Å². The summed E-state index contributed by atoms with van der Waals surface area (Å²) in [6.07, 6.45) is 3.30. The third-order valence-corrected chi connectivity index (χ3v) is 3.31. The van der Waals surface area contributed by atoms with E-state index in [9.17, 15) is 9.59 Å². The van der Waals surface area contributed by atoms with Crippen molar-refractivity contribution in [3.8, 4) is 0 Å². The summed E-state index contributed by atoms with van der Waals surface area (Å²) in [6.45, 7) is 0.469. The lowest BCUT2D eigenvalue weighted by molar-refractivity contribution is 0.0690. The van der Waals surface area contributed by atoms with E-state index in [2.05, 4.69) is 10.3 Å². The third kappa shape index (κ3) is 3.38. The molecule has 2 heterocycles. The van der Waals surface area contributed by atoms with Crippen LogP contribution >= 0.6 is 11.3 Å². The maximum atomic E-state index is 11.9. The number of nitrogens with one attached hydrogen (secondary N) is 1. The van der Waals surface area contributed by atoms with Crippen LogP contribution in [0, 0.1) is 0 Å². The molecule has 1 amide bonds. The number of hydrogen-bond donors (Lipinski definition) is 2.